The Labute approximate surface area is 140 Å². The number of piperazine rings is 1. The summed E-state index contributed by atoms with van der Waals surface area (Å²) in [7, 11) is 0. The molecule has 2 nitrogen and oxygen atoms in total. The molecule has 0 amide bonds. The molecule has 0 unspecified atom stereocenters. The summed E-state index contributed by atoms with van der Waals surface area (Å²) in [4.78, 5) is 1.25. The molecule has 2 rings (SSSR count). The van der Waals surface area contributed by atoms with E-state index in [-0.39, 0.29) is 25.5 Å². The first-order valence-electron chi connectivity index (χ1n) is 6.97. The van der Waals surface area contributed by atoms with Crippen LogP contribution in [-0.2, 0) is 6.18 Å². The van der Waals surface area contributed by atoms with Crippen LogP contribution in [0.25, 0.3) is 0 Å². The van der Waals surface area contributed by atoms with Gasteiger partial charge in [-0.05, 0) is 12.1 Å². The summed E-state index contributed by atoms with van der Waals surface area (Å²) >= 11 is 0. The highest BCUT2D eigenvalue weighted by molar-refractivity contribution is 5.85. The number of alkyl halides is 6. The molecule has 1 saturated heterocycles. The van der Waals surface area contributed by atoms with Gasteiger partial charge in [0.2, 0.25) is 0 Å². The summed E-state index contributed by atoms with van der Waals surface area (Å²) in [6.07, 6.45) is -11.2. The van der Waals surface area contributed by atoms with E-state index in [2.05, 4.69) is 5.32 Å². The minimum Gasteiger partial charge on any atom is -0.314 e. The molecule has 0 bridgehead atoms. The minimum atomic E-state index is -4.92. The molecule has 1 atom stereocenters. The second-order valence-electron chi connectivity index (χ2n) is 5.32. The summed E-state index contributed by atoms with van der Waals surface area (Å²) in [6.45, 7) is 0.910. The van der Waals surface area contributed by atoms with Gasteiger partial charge in [-0.3, -0.25) is 4.90 Å². The van der Waals surface area contributed by atoms with Gasteiger partial charge in [0, 0.05) is 37.8 Å². The SMILES string of the molecule is Cl.Fc1cccc(C(F)(F)F)c1[C@H](CC(F)(F)F)N1CCNCC1. The van der Waals surface area contributed by atoms with E-state index in [0.29, 0.717) is 19.2 Å². The fraction of sp³-hybridized carbons (Fsp3) is 0.571. The van der Waals surface area contributed by atoms with E-state index in [9.17, 15) is 30.7 Å². The van der Waals surface area contributed by atoms with Crippen molar-refractivity contribution in [2.45, 2.75) is 24.8 Å². The van der Waals surface area contributed by atoms with E-state index in [1.54, 1.807) is 0 Å². The molecule has 1 aromatic carbocycles. The van der Waals surface area contributed by atoms with Gasteiger partial charge < -0.3 is 5.32 Å². The summed E-state index contributed by atoms with van der Waals surface area (Å²) in [5.74, 6) is -1.27. The Bertz CT molecular complexity index is 539. The lowest BCUT2D eigenvalue weighted by Crippen LogP contribution is -2.46. The Hall–Kier alpha value is -1.06. The third-order valence-corrected chi connectivity index (χ3v) is 3.71. The quantitative estimate of drug-likeness (QED) is 0.792. The zero-order valence-corrected chi connectivity index (χ0v) is 13.2. The van der Waals surface area contributed by atoms with Crippen molar-refractivity contribution in [1.82, 2.24) is 10.2 Å². The second-order valence-corrected chi connectivity index (χ2v) is 5.32. The number of hydrogen-bond donors (Lipinski definition) is 1. The van der Waals surface area contributed by atoms with Crippen LogP contribution < -0.4 is 5.32 Å². The highest BCUT2D eigenvalue weighted by atomic mass is 35.5. The maximum absolute atomic E-state index is 14.1. The highest BCUT2D eigenvalue weighted by Crippen LogP contribution is 2.41. The van der Waals surface area contributed by atoms with Crippen LogP contribution in [0.5, 0.6) is 0 Å². The molecule has 1 fully saturated rings. The Morgan fingerprint density at radius 1 is 1.04 bits per heavy atom. The van der Waals surface area contributed by atoms with E-state index in [4.69, 9.17) is 0 Å². The summed E-state index contributed by atoms with van der Waals surface area (Å²) in [6, 6.07) is 0.527. The summed E-state index contributed by atoms with van der Waals surface area (Å²) < 4.78 is 92.0. The zero-order valence-electron chi connectivity index (χ0n) is 12.3. The first kappa shape index (κ1) is 21.0. The molecule has 0 saturated carbocycles. The molecular formula is C14H16ClF7N2. The predicted octanol–water partition coefficient (Wildman–Crippen LogP) is 4.17. The van der Waals surface area contributed by atoms with Crippen molar-refractivity contribution in [2.24, 2.45) is 0 Å². The van der Waals surface area contributed by atoms with Gasteiger partial charge in [0.05, 0.1) is 12.0 Å². The molecule has 0 spiro atoms. The number of nitrogens with zero attached hydrogens (tertiary/aromatic N) is 1. The first-order valence-corrected chi connectivity index (χ1v) is 6.97. The summed E-state index contributed by atoms with van der Waals surface area (Å²) in [5, 5.41) is 2.90. The zero-order chi connectivity index (χ0) is 17.3. The van der Waals surface area contributed by atoms with Crippen LogP contribution >= 0.6 is 12.4 Å². The predicted molar refractivity (Wildman–Crippen MR) is 76.5 cm³/mol. The van der Waals surface area contributed by atoms with E-state index >= 15 is 0 Å². The molecule has 138 valence electrons. The van der Waals surface area contributed by atoms with Crippen molar-refractivity contribution >= 4 is 12.4 Å². The topological polar surface area (TPSA) is 15.3 Å². The average Bonchev–Trinajstić information content (AvgIpc) is 2.44. The van der Waals surface area contributed by atoms with E-state index in [1.807, 2.05) is 0 Å². The summed E-state index contributed by atoms with van der Waals surface area (Å²) in [5.41, 5.74) is -2.29. The molecule has 1 aromatic rings. The number of hydrogen-bond acceptors (Lipinski definition) is 2. The van der Waals surface area contributed by atoms with Crippen molar-refractivity contribution in [3.05, 3.63) is 35.1 Å². The van der Waals surface area contributed by atoms with Crippen molar-refractivity contribution < 1.29 is 30.7 Å². The van der Waals surface area contributed by atoms with Gasteiger partial charge in [-0.1, -0.05) is 6.07 Å². The van der Waals surface area contributed by atoms with Gasteiger partial charge in [-0.25, -0.2) is 4.39 Å². The number of halogens is 8. The molecule has 0 aromatic heterocycles. The van der Waals surface area contributed by atoms with Gasteiger partial charge in [0.25, 0.3) is 0 Å². The third-order valence-electron chi connectivity index (χ3n) is 3.71. The smallest absolute Gasteiger partial charge is 0.314 e. The molecule has 10 heteroatoms. The van der Waals surface area contributed by atoms with Crippen LogP contribution in [0.4, 0.5) is 30.7 Å². The van der Waals surface area contributed by atoms with Crippen LogP contribution in [0, 0.1) is 5.82 Å². The minimum absolute atomic E-state index is 0. The maximum Gasteiger partial charge on any atom is 0.416 e. The molecule has 0 aliphatic carbocycles. The molecule has 1 N–H and O–H groups in total. The average molecular weight is 381 g/mol. The molecule has 1 aliphatic heterocycles. The van der Waals surface area contributed by atoms with Gasteiger partial charge >= 0.3 is 12.4 Å². The molecule has 1 aliphatic rings. The Morgan fingerprint density at radius 2 is 1.62 bits per heavy atom. The van der Waals surface area contributed by atoms with Crippen molar-refractivity contribution in [2.75, 3.05) is 26.2 Å². The molecule has 0 radical (unpaired) electrons. The fourth-order valence-electron chi connectivity index (χ4n) is 2.75. The van der Waals surface area contributed by atoms with Crippen molar-refractivity contribution in [3.8, 4) is 0 Å². The second kappa shape index (κ2) is 7.88. The van der Waals surface area contributed by atoms with Crippen LogP contribution in [-0.4, -0.2) is 37.3 Å². The lowest BCUT2D eigenvalue weighted by Gasteiger charge is -2.36. The molecule has 24 heavy (non-hydrogen) atoms. The van der Waals surface area contributed by atoms with Crippen molar-refractivity contribution in [3.63, 3.8) is 0 Å². The number of nitrogens with one attached hydrogen (secondary N) is 1. The lowest BCUT2D eigenvalue weighted by atomic mass is 9.94. The standard InChI is InChI=1S/C14H15F7N2.ClH/c15-10-3-1-2-9(14(19,20)21)12(10)11(8-13(16,17)18)23-6-4-22-5-7-23;/h1-3,11,22H,4-8H2;1H/t11-;/m0./s1. The monoisotopic (exact) mass is 380 g/mol. The van der Waals surface area contributed by atoms with E-state index in [0.717, 1.165) is 12.1 Å². The van der Waals surface area contributed by atoms with Crippen LogP contribution in [0.1, 0.15) is 23.6 Å². The van der Waals surface area contributed by atoms with E-state index < -0.39 is 41.8 Å². The van der Waals surface area contributed by atoms with Crippen LogP contribution in [0.2, 0.25) is 0 Å². The molecule has 1 heterocycles. The Morgan fingerprint density at radius 3 is 2.12 bits per heavy atom. The fourth-order valence-corrected chi connectivity index (χ4v) is 2.75. The highest BCUT2D eigenvalue weighted by Gasteiger charge is 2.42. The Kier molecular flexibility index (Phi) is 6.89. The first-order chi connectivity index (χ1) is 10.6. The molecular weight excluding hydrogens is 365 g/mol. The largest absolute Gasteiger partial charge is 0.416 e. The lowest BCUT2D eigenvalue weighted by molar-refractivity contribution is -0.153. The van der Waals surface area contributed by atoms with Crippen molar-refractivity contribution in [1.29, 1.82) is 0 Å². The normalized spacial score (nSPS) is 18.1. The number of rotatable bonds is 3. The van der Waals surface area contributed by atoms with E-state index in [1.165, 1.54) is 4.90 Å². The number of benzene rings is 1. The van der Waals surface area contributed by atoms with Gasteiger partial charge in [-0.2, -0.15) is 26.3 Å². The Balaban J connectivity index is 0.00000288. The van der Waals surface area contributed by atoms with Gasteiger partial charge in [0.1, 0.15) is 5.82 Å². The third kappa shape index (κ3) is 5.22. The van der Waals surface area contributed by atoms with Crippen LogP contribution in [0.3, 0.4) is 0 Å². The van der Waals surface area contributed by atoms with Gasteiger partial charge in [-0.15, -0.1) is 12.4 Å². The van der Waals surface area contributed by atoms with Crippen LogP contribution in [0.15, 0.2) is 18.2 Å². The van der Waals surface area contributed by atoms with Gasteiger partial charge in [0.15, 0.2) is 0 Å². The maximum atomic E-state index is 14.1.